The number of hydrogen-bond donors (Lipinski definition) is 0. The lowest BCUT2D eigenvalue weighted by atomic mass is 10.2. The maximum atomic E-state index is 12.1. The summed E-state index contributed by atoms with van der Waals surface area (Å²) in [6.45, 7) is 0.392. The Morgan fingerprint density at radius 3 is 2.36 bits per heavy atom. The second-order valence-corrected chi connectivity index (χ2v) is 4.85. The fraction of sp³-hybridized carbons (Fsp3) is 0.176. The number of esters is 2. The first-order valence-corrected chi connectivity index (χ1v) is 7.24. The van der Waals surface area contributed by atoms with E-state index in [4.69, 9.17) is 14.2 Å². The molecule has 8 heteroatoms. The van der Waals surface area contributed by atoms with E-state index in [1.807, 2.05) is 0 Å². The Bertz CT molecular complexity index is 771. The van der Waals surface area contributed by atoms with E-state index in [1.54, 1.807) is 6.07 Å². The molecule has 0 aliphatic carbocycles. The molecule has 0 heterocycles. The van der Waals surface area contributed by atoms with Crippen LogP contribution in [-0.2, 0) is 9.47 Å². The van der Waals surface area contributed by atoms with Crippen molar-refractivity contribution in [3.63, 3.8) is 0 Å². The second kappa shape index (κ2) is 8.55. The van der Waals surface area contributed by atoms with Gasteiger partial charge in [-0.15, -0.1) is 0 Å². The molecule has 0 saturated carbocycles. The molecule has 0 fully saturated rings. The maximum Gasteiger partial charge on any atom is 0.343 e. The highest BCUT2D eigenvalue weighted by atomic mass is 16.6. The zero-order valence-electron chi connectivity index (χ0n) is 13.3. The Balaban J connectivity index is 2.04. The highest BCUT2D eigenvalue weighted by Gasteiger charge is 2.13. The van der Waals surface area contributed by atoms with Gasteiger partial charge in [0.15, 0.2) is 0 Å². The van der Waals surface area contributed by atoms with Crippen LogP contribution in [0.1, 0.15) is 20.7 Å². The van der Waals surface area contributed by atoms with E-state index in [9.17, 15) is 19.7 Å². The number of carbonyl (C=O) groups excluding carboxylic acids is 2. The molecule has 0 bridgehead atoms. The number of nitro benzene ring substituents is 1. The smallest absolute Gasteiger partial charge is 0.343 e. The third kappa shape index (κ3) is 5.11. The summed E-state index contributed by atoms with van der Waals surface area (Å²) < 4.78 is 14.9. The van der Waals surface area contributed by atoms with Gasteiger partial charge >= 0.3 is 11.9 Å². The van der Waals surface area contributed by atoms with Crippen LogP contribution in [0.5, 0.6) is 5.75 Å². The van der Waals surface area contributed by atoms with Crippen molar-refractivity contribution in [1.82, 2.24) is 0 Å². The van der Waals surface area contributed by atoms with E-state index >= 15 is 0 Å². The SMILES string of the molecule is COCCOC(=O)c1cccc(OC(=O)c2ccc([N+](=O)[O-])cc2)c1. The largest absolute Gasteiger partial charge is 0.460 e. The average Bonchev–Trinajstić information content (AvgIpc) is 2.62. The topological polar surface area (TPSA) is 105 Å². The van der Waals surface area contributed by atoms with Gasteiger partial charge in [-0.3, -0.25) is 10.1 Å². The van der Waals surface area contributed by atoms with Crippen molar-refractivity contribution in [2.75, 3.05) is 20.3 Å². The molecule has 25 heavy (non-hydrogen) atoms. The van der Waals surface area contributed by atoms with Gasteiger partial charge in [0.25, 0.3) is 5.69 Å². The van der Waals surface area contributed by atoms with Gasteiger partial charge in [0.2, 0.25) is 0 Å². The van der Waals surface area contributed by atoms with Crippen molar-refractivity contribution in [2.45, 2.75) is 0 Å². The lowest BCUT2D eigenvalue weighted by Crippen LogP contribution is -2.11. The van der Waals surface area contributed by atoms with Crippen molar-refractivity contribution in [2.24, 2.45) is 0 Å². The molecule has 2 rings (SSSR count). The van der Waals surface area contributed by atoms with Crippen molar-refractivity contribution in [3.05, 3.63) is 69.8 Å². The number of nitrogens with zero attached hydrogens (tertiary/aromatic N) is 1. The number of carbonyl (C=O) groups is 2. The molecule has 0 unspecified atom stereocenters. The van der Waals surface area contributed by atoms with Gasteiger partial charge in [0.05, 0.1) is 22.7 Å². The molecule has 0 N–H and O–H groups in total. The number of ether oxygens (including phenoxy) is 3. The highest BCUT2D eigenvalue weighted by Crippen LogP contribution is 2.17. The van der Waals surface area contributed by atoms with Crippen LogP contribution < -0.4 is 4.74 Å². The number of non-ortho nitro benzene ring substituents is 1. The van der Waals surface area contributed by atoms with Gasteiger partial charge in [0.1, 0.15) is 12.4 Å². The van der Waals surface area contributed by atoms with Gasteiger partial charge < -0.3 is 14.2 Å². The number of methoxy groups -OCH3 is 1. The quantitative estimate of drug-likeness (QED) is 0.250. The summed E-state index contributed by atoms with van der Waals surface area (Å²) in [4.78, 5) is 34.0. The van der Waals surface area contributed by atoms with Crippen molar-refractivity contribution < 1.29 is 28.7 Å². The van der Waals surface area contributed by atoms with E-state index in [0.29, 0.717) is 0 Å². The minimum atomic E-state index is -0.695. The Morgan fingerprint density at radius 2 is 1.72 bits per heavy atom. The van der Waals surface area contributed by atoms with Gasteiger partial charge in [-0.05, 0) is 30.3 Å². The van der Waals surface area contributed by atoms with Crippen LogP contribution in [0.15, 0.2) is 48.5 Å². The molecule has 0 aliphatic rings. The third-order valence-corrected chi connectivity index (χ3v) is 3.11. The summed E-state index contributed by atoms with van der Waals surface area (Å²) in [6.07, 6.45) is 0. The molecule has 0 aliphatic heterocycles. The summed E-state index contributed by atoms with van der Waals surface area (Å²) in [6, 6.07) is 11.0. The molecule has 0 spiro atoms. The molecule has 0 amide bonds. The van der Waals surface area contributed by atoms with E-state index in [0.717, 1.165) is 0 Å². The summed E-state index contributed by atoms with van der Waals surface area (Å²) in [5.74, 6) is -1.10. The minimum Gasteiger partial charge on any atom is -0.460 e. The van der Waals surface area contributed by atoms with Gasteiger partial charge in [-0.1, -0.05) is 6.07 Å². The highest BCUT2D eigenvalue weighted by molar-refractivity contribution is 5.92. The van der Waals surface area contributed by atoms with Crippen LogP contribution in [0.25, 0.3) is 0 Å². The van der Waals surface area contributed by atoms with Crippen molar-refractivity contribution >= 4 is 17.6 Å². The fourth-order valence-corrected chi connectivity index (χ4v) is 1.87. The minimum absolute atomic E-state index is 0.113. The Kier molecular flexibility index (Phi) is 6.19. The predicted molar refractivity (Wildman–Crippen MR) is 86.7 cm³/mol. The Labute approximate surface area is 143 Å². The van der Waals surface area contributed by atoms with E-state index < -0.39 is 16.9 Å². The third-order valence-electron chi connectivity index (χ3n) is 3.11. The molecule has 8 nitrogen and oxygen atoms in total. The lowest BCUT2D eigenvalue weighted by Gasteiger charge is -2.07. The molecule has 0 atom stereocenters. The van der Waals surface area contributed by atoms with Crippen LogP contribution in [0.2, 0.25) is 0 Å². The number of nitro groups is 1. The number of hydrogen-bond acceptors (Lipinski definition) is 7. The number of benzene rings is 2. The van der Waals surface area contributed by atoms with E-state index in [-0.39, 0.29) is 35.8 Å². The second-order valence-electron chi connectivity index (χ2n) is 4.85. The monoisotopic (exact) mass is 345 g/mol. The van der Waals surface area contributed by atoms with Crippen LogP contribution >= 0.6 is 0 Å². The Morgan fingerprint density at radius 1 is 1.00 bits per heavy atom. The van der Waals surface area contributed by atoms with Crippen LogP contribution in [0, 0.1) is 10.1 Å². The first-order valence-electron chi connectivity index (χ1n) is 7.24. The number of rotatable bonds is 7. The maximum absolute atomic E-state index is 12.1. The molecule has 130 valence electrons. The standard InChI is InChI=1S/C17H15NO7/c1-23-9-10-24-16(19)13-3-2-4-15(11-13)25-17(20)12-5-7-14(8-6-12)18(21)22/h2-8,11H,9-10H2,1H3. The van der Waals surface area contributed by atoms with Gasteiger partial charge in [0, 0.05) is 19.2 Å². The zero-order chi connectivity index (χ0) is 18.2. The summed E-state index contributed by atoms with van der Waals surface area (Å²) >= 11 is 0. The summed E-state index contributed by atoms with van der Waals surface area (Å²) in [7, 11) is 1.49. The molecule has 0 radical (unpaired) electrons. The van der Waals surface area contributed by atoms with Crippen molar-refractivity contribution in [1.29, 1.82) is 0 Å². The van der Waals surface area contributed by atoms with Crippen LogP contribution in [-0.4, -0.2) is 37.2 Å². The molecular formula is C17H15NO7. The average molecular weight is 345 g/mol. The van der Waals surface area contributed by atoms with Crippen LogP contribution in [0.4, 0.5) is 5.69 Å². The van der Waals surface area contributed by atoms with Crippen LogP contribution in [0.3, 0.4) is 0 Å². The first kappa shape index (κ1) is 18.1. The van der Waals surface area contributed by atoms with E-state index in [2.05, 4.69) is 0 Å². The van der Waals surface area contributed by atoms with E-state index in [1.165, 1.54) is 49.6 Å². The molecule has 0 saturated heterocycles. The molecular weight excluding hydrogens is 330 g/mol. The summed E-state index contributed by atoms with van der Waals surface area (Å²) in [5, 5.41) is 10.6. The normalized spacial score (nSPS) is 10.1. The Hall–Kier alpha value is -3.26. The first-order chi connectivity index (χ1) is 12.0. The predicted octanol–water partition coefficient (Wildman–Crippen LogP) is 2.62. The van der Waals surface area contributed by atoms with Crippen molar-refractivity contribution in [3.8, 4) is 5.75 Å². The summed E-state index contributed by atoms with van der Waals surface area (Å²) in [5.41, 5.74) is 0.251. The molecule has 0 aromatic heterocycles. The fourth-order valence-electron chi connectivity index (χ4n) is 1.87. The van der Waals surface area contributed by atoms with Gasteiger partial charge in [-0.2, -0.15) is 0 Å². The zero-order valence-corrected chi connectivity index (χ0v) is 13.3. The molecule has 2 aromatic rings. The molecule has 2 aromatic carbocycles. The van der Waals surface area contributed by atoms with Gasteiger partial charge in [-0.25, -0.2) is 9.59 Å². The lowest BCUT2D eigenvalue weighted by molar-refractivity contribution is -0.384.